The number of para-hydroxylation sites is 2. The predicted octanol–water partition coefficient (Wildman–Crippen LogP) is 2.93. The Morgan fingerprint density at radius 1 is 1.00 bits per heavy atom. The number of hydrogen-bond donors (Lipinski definition) is 1. The maximum Gasteiger partial charge on any atom is 0.173 e. The lowest BCUT2D eigenvalue weighted by atomic mass is 10.2. The molecule has 0 saturated carbocycles. The van der Waals surface area contributed by atoms with E-state index in [1.54, 1.807) is 6.20 Å². The quantitative estimate of drug-likeness (QED) is 0.583. The van der Waals surface area contributed by atoms with Crippen molar-refractivity contribution in [1.82, 2.24) is 4.98 Å². The Morgan fingerprint density at radius 3 is 2.86 bits per heavy atom. The number of nitrogens with zero attached hydrogens (tertiary/aromatic N) is 1. The van der Waals surface area contributed by atoms with Crippen LogP contribution >= 0.6 is 0 Å². The van der Waals surface area contributed by atoms with E-state index in [2.05, 4.69) is 10.3 Å². The van der Waals surface area contributed by atoms with Crippen LogP contribution < -0.4 is 10.1 Å². The highest BCUT2D eigenvalue weighted by molar-refractivity contribution is 5.72. The van der Waals surface area contributed by atoms with E-state index in [1.165, 1.54) is 0 Å². The molecule has 1 aliphatic rings. The molecule has 0 fully saturated rings. The van der Waals surface area contributed by atoms with E-state index in [9.17, 15) is 0 Å². The highest BCUT2D eigenvalue weighted by Crippen LogP contribution is 2.39. The smallest absolute Gasteiger partial charge is 0.173 e. The first kappa shape index (κ1) is 7.38. The highest BCUT2D eigenvalue weighted by atomic mass is 16.5. The first-order valence-electron chi connectivity index (χ1n) is 4.42. The molecule has 1 N–H and O–H groups in total. The van der Waals surface area contributed by atoms with Crippen molar-refractivity contribution >= 4 is 11.5 Å². The van der Waals surface area contributed by atoms with Crippen LogP contribution in [0.1, 0.15) is 0 Å². The first-order chi connectivity index (χ1) is 6.93. The topological polar surface area (TPSA) is 34.2 Å². The fourth-order valence-corrected chi connectivity index (χ4v) is 1.47. The van der Waals surface area contributed by atoms with Gasteiger partial charge >= 0.3 is 0 Å². The van der Waals surface area contributed by atoms with Crippen molar-refractivity contribution in [3.05, 3.63) is 42.6 Å². The molecular formula is C11H8N2O. The Labute approximate surface area is 81.4 Å². The van der Waals surface area contributed by atoms with Gasteiger partial charge in [0.1, 0.15) is 0 Å². The number of ether oxygens (including phenoxy) is 1. The van der Waals surface area contributed by atoms with Crippen molar-refractivity contribution in [2.45, 2.75) is 0 Å². The standard InChI is InChI=1S/C11H8N2O/c1-2-5-9-8(4-1)13-11-10(14-9)6-3-7-12-11/h1-7H,(H,12,13). The molecule has 0 amide bonds. The minimum Gasteiger partial charge on any atom is -0.451 e. The van der Waals surface area contributed by atoms with E-state index in [0.29, 0.717) is 0 Å². The van der Waals surface area contributed by atoms with Gasteiger partial charge in [0.2, 0.25) is 0 Å². The summed E-state index contributed by atoms with van der Waals surface area (Å²) in [6.07, 6.45) is 1.74. The van der Waals surface area contributed by atoms with Gasteiger partial charge in [-0.25, -0.2) is 4.98 Å². The molecule has 68 valence electrons. The first-order valence-corrected chi connectivity index (χ1v) is 4.42. The predicted molar refractivity (Wildman–Crippen MR) is 54.0 cm³/mol. The lowest BCUT2D eigenvalue weighted by Crippen LogP contribution is -2.03. The molecule has 0 aliphatic carbocycles. The summed E-state index contributed by atoms with van der Waals surface area (Å²) < 4.78 is 5.65. The van der Waals surface area contributed by atoms with Crippen LogP contribution in [0.3, 0.4) is 0 Å². The number of pyridine rings is 1. The van der Waals surface area contributed by atoms with E-state index >= 15 is 0 Å². The molecule has 2 aromatic rings. The minimum atomic E-state index is 0.770. The third kappa shape index (κ3) is 1.03. The van der Waals surface area contributed by atoms with Gasteiger partial charge in [-0.1, -0.05) is 12.1 Å². The molecule has 0 atom stereocenters. The number of hydrogen-bond acceptors (Lipinski definition) is 3. The fourth-order valence-electron chi connectivity index (χ4n) is 1.47. The number of aromatic nitrogens is 1. The number of rotatable bonds is 0. The summed E-state index contributed by atoms with van der Waals surface area (Å²) in [7, 11) is 0. The number of fused-ring (bicyclic) bond motifs is 2. The van der Waals surface area contributed by atoms with Crippen molar-refractivity contribution in [2.75, 3.05) is 5.32 Å². The van der Waals surface area contributed by atoms with Gasteiger partial charge in [0.15, 0.2) is 17.3 Å². The fraction of sp³-hybridized carbons (Fsp3) is 0. The molecule has 0 unspecified atom stereocenters. The summed E-state index contributed by atoms with van der Waals surface area (Å²) in [5.41, 5.74) is 0.957. The zero-order valence-electron chi connectivity index (χ0n) is 7.40. The van der Waals surface area contributed by atoms with Gasteiger partial charge < -0.3 is 10.1 Å². The van der Waals surface area contributed by atoms with Crippen molar-refractivity contribution in [3.63, 3.8) is 0 Å². The lowest BCUT2D eigenvalue weighted by Gasteiger charge is -2.19. The monoisotopic (exact) mass is 184 g/mol. The second-order valence-corrected chi connectivity index (χ2v) is 3.07. The maximum absolute atomic E-state index is 5.65. The number of benzene rings is 1. The minimum absolute atomic E-state index is 0.770. The van der Waals surface area contributed by atoms with Crippen LogP contribution in [0.15, 0.2) is 42.6 Å². The molecule has 0 bridgehead atoms. The molecule has 2 heterocycles. The van der Waals surface area contributed by atoms with Crippen LogP contribution in [-0.2, 0) is 0 Å². The molecular weight excluding hydrogens is 176 g/mol. The van der Waals surface area contributed by atoms with Crippen molar-refractivity contribution in [3.8, 4) is 11.5 Å². The normalized spacial score (nSPS) is 12.0. The third-order valence-corrected chi connectivity index (χ3v) is 2.13. The summed E-state index contributed by atoms with van der Waals surface area (Å²) in [5.74, 6) is 2.38. The summed E-state index contributed by atoms with van der Waals surface area (Å²) in [5, 5.41) is 3.20. The Kier molecular flexibility index (Phi) is 1.44. The number of anilines is 2. The summed E-state index contributed by atoms with van der Waals surface area (Å²) >= 11 is 0. The molecule has 0 spiro atoms. The second kappa shape index (κ2) is 2.73. The van der Waals surface area contributed by atoms with Gasteiger partial charge in [0.25, 0.3) is 0 Å². The second-order valence-electron chi connectivity index (χ2n) is 3.07. The van der Waals surface area contributed by atoms with Crippen molar-refractivity contribution in [1.29, 1.82) is 0 Å². The highest BCUT2D eigenvalue weighted by Gasteiger charge is 2.15. The lowest BCUT2D eigenvalue weighted by molar-refractivity contribution is 0.478. The largest absolute Gasteiger partial charge is 0.451 e. The molecule has 1 aromatic carbocycles. The molecule has 0 radical (unpaired) electrons. The van der Waals surface area contributed by atoms with Crippen molar-refractivity contribution in [2.24, 2.45) is 0 Å². The van der Waals surface area contributed by atoms with Gasteiger partial charge in [-0.05, 0) is 24.3 Å². The Balaban J connectivity index is 2.12. The SMILES string of the molecule is c1ccc2c(c1)Nc1ncccc1O2. The molecule has 0 saturated heterocycles. The van der Waals surface area contributed by atoms with Crippen LogP contribution in [0.2, 0.25) is 0 Å². The van der Waals surface area contributed by atoms with E-state index in [1.807, 2.05) is 36.4 Å². The van der Waals surface area contributed by atoms with Crippen LogP contribution in [0, 0.1) is 0 Å². The van der Waals surface area contributed by atoms with E-state index in [0.717, 1.165) is 23.0 Å². The summed E-state index contributed by atoms with van der Waals surface area (Å²) in [6.45, 7) is 0. The zero-order valence-corrected chi connectivity index (χ0v) is 7.40. The summed E-state index contributed by atoms with van der Waals surface area (Å²) in [6, 6.07) is 11.6. The summed E-state index contributed by atoms with van der Waals surface area (Å²) in [4.78, 5) is 4.18. The maximum atomic E-state index is 5.65. The zero-order chi connectivity index (χ0) is 9.38. The van der Waals surface area contributed by atoms with Gasteiger partial charge in [-0.15, -0.1) is 0 Å². The van der Waals surface area contributed by atoms with E-state index in [4.69, 9.17) is 4.74 Å². The molecule has 1 aromatic heterocycles. The van der Waals surface area contributed by atoms with Crippen LogP contribution in [-0.4, -0.2) is 4.98 Å². The third-order valence-electron chi connectivity index (χ3n) is 2.13. The van der Waals surface area contributed by atoms with Crippen LogP contribution in [0.25, 0.3) is 0 Å². The van der Waals surface area contributed by atoms with Crippen LogP contribution in [0.4, 0.5) is 11.5 Å². The van der Waals surface area contributed by atoms with Crippen LogP contribution in [0.5, 0.6) is 11.5 Å². The Morgan fingerprint density at radius 2 is 1.86 bits per heavy atom. The average molecular weight is 184 g/mol. The molecule has 3 nitrogen and oxygen atoms in total. The van der Waals surface area contributed by atoms with Gasteiger partial charge in [-0.3, -0.25) is 0 Å². The van der Waals surface area contributed by atoms with E-state index < -0.39 is 0 Å². The molecule has 14 heavy (non-hydrogen) atoms. The van der Waals surface area contributed by atoms with E-state index in [-0.39, 0.29) is 0 Å². The van der Waals surface area contributed by atoms with Gasteiger partial charge in [-0.2, -0.15) is 0 Å². The Hall–Kier alpha value is -2.03. The van der Waals surface area contributed by atoms with Crippen molar-refractivity contribution < 1.29 is 4.74 Å². The Bertz CT molecular complexity index is 395. The van der Waals surface area contributed by atoms with Gasteiger partial charge in [0.05, 0.1) is 5.69 Å². The molecule has 1 aliphatic heterocycles. The molecule has 3 heteroatoms. The number of nitrogens with one attached hydrogen (secondary N) is 1. The molecule has 3 rings (SSSR count). The van der Waals surface area contributed by atoms with Gasteiger partial charge in [0, 0.05) is 6.20 Å². The average Bonchev–Trinajstić information content (AvgIpc) is 2.26.